The van der Waals surface area contributed by atoms with E-state index in [1.165, 1.54) is 0 Å². The summed E-state index contributed by atoms with van der Waals surface area (Å²) in [5.74, 6) is 0.244. The summed E-state index contributed by atoms with van der Waals surface area (Å²) in [7, 11) is 2.15. The van der Waals surface area contributed by atoms with Crippen molar-refractivity contribution in [3.8, 4) is 0 Å². The predicted octanol–water partition coefficient (Wildman–Crippen LogP) is 4.31. The molecule has 2 aromatic carbocycles. The minimum absolute atomic E-state index is 0.140. The van der Waals surface area contributed by atoms with Crippen LogP contribution in [0.4, 0.5) is 16.2 Å². The van der Waals surface area contributed by atoms with E-state index in [9.17, 15) is 4.79 Å². The third kappa shape index (κ3) is 2.07. The lowest BCUT2D eigenvalue weighted by atomic mass is 9.76. The highest BCUT2D eigenvalue weighted by Crippen LogP contribution is 2.48. The normalized spacial score (nSPS) is 20.8. The van der Waals surface area contributed by atoms with Gasteiger partial charge in [-0.05, 0) is 40.7 Å². The van der Waals surface area contributed by atoms with Gasteiger partial charge in [-0.25, -0.2) is 0 Å². The molecule has 0 radical (unpaired) electrons. The van der Waals surface area contributed by atoms with Gasteiger partial charge in [-0.3, -0.25) is 9.69 Å². The van der Waals surface area contributed by atoms with Gasteiger partial charge in [-0.1, -0.05) is 52.3 Å². The largest absolute Gasteiger partial charge is 0.325 e. The molecule has 2 nitrogen and oxygen atoms in total. The van der Waals surface area contributed by atoms with E-state index in [1.807, 2.05) is 48.5 Å². The molecule has 0 aliphatic carbocycles. The second-order valence-corrected chi connectivity index (χ2v) is 6.21. The zero-order chi connectivity index (χ0) is 14.3. The number of carbonyl (C=O) groups is 1. The summed E-state index contributed by atoms with van der Waals surface area (Å²) in [5, 5.41) is -0.487. The van der Waals surface area contributed by atoms with E-state index in [0.717, 1.165) is 22.5 Å². The van der Waals surface area contributed by atoms with E-state index in [-0.39, 0.29) is 10.6 Å². The summed E-state index contributed by atoms with van der Waals surface area (Å²) >= 11 is 9.62. The first kappa shape index (κ1) is 13.7. The second-order valence-electron chi connectivity index (χ2n) is 4.90. The van der Waals surface area contributed by atoms with Crippen LogP contribution in [0.2, 0.25) is 0 Å². The van der Waals surface area contributed by atoms with Crippen molar-refractivity contribution in [1.29, 1.82) is 0 Å². The number of halogens is 2. The Balaban J connectivity index is 2.33. The molecule has 1 heterocycles. The highest BCUT2D eigenvalue weighted by molar-refractivity contribution is 9.09. The van der Waals surface area contributed by atoms with Crippen LogP contribution in [0.15, 0.2) is 48.5 Å². The molecule has 2 atom stereocenters. The SMILES string of the molecule is BC1c2ccccc2N(C(=O)Cl)c2ccccc2C1Br. The molecule has 5 heteroatoms. The van der Waals surface area contributed by atoms with E-state index >= 15 is 0 Å². The first-order chi connectivity index (χ1) is 9.61. The Labute approximate surface area is 132 Å². The van der Waals surface area contributed by atoms with Crippen molar-refractivity contribution in [3.63, 3.8) is 0 Å². The number of benzene rings is 2. The number of rotatable bonds is 0. The molecular weight excluding hydrogens is 336 g/mol. The van der Waals surface area contributed by atoms with Crippen LogP contribution in [-0.2, 0) is 0 Å². The fourth-order valence-corrected chi connectivity index (χ4v) is 3.60. The third-order valence-electron chi connectivity index (χ3n) is 3.76. The van der Waals surface area contributed by atoms with Crippen LogP contribution in [0.1, 0.15) is 21.8 Å². The summed E-state index contributed by atoms with van der Waals surface area (Å²) in [6, 6.07) is 15.8. The van der Waals surface area contributed by atoms with E-state index < -0.39 is 5.37 Å². The second kappa shape index (κ2) is 5.26. The fourth-order valence-electron chi connectivity index (χ4n) is 2.75. The van der Waals surface area contributed by atoms with Gasteiger partial charge < -0.3 is 0 Å². The highest BCUT2D eigenvalue weighted by Gasteiger charge is 2.32. The van der Waals surface area contributed by atoms with Crippen molar-refractivity contribution >= 4 is 52.1 Å². The number of alkyl halides is 1. The first-order valence-electron chi connectivity index (χ1n) is 6.42. The van der Waals surface area contributed by atoms with Crippen molar-refractivity contribution in [2.75, 3.05) is 4.90 Å². The molecule has 1 aliphatic heterocycles. The number of amides is 1. The van der Waals surface area contributed by atoms with E-state index in [4.69, 9.17) is 11.6 Å². The van der Waals surface area contributed by atoms with Crippen molar-refractivity contribution in [2.24, 2.45) is 0 Å². The maximum Gasteiger partial charge on any atom is 0.325 e. The van der Waals surface area contributed by atoms with Gasteiger partial charge in [0.15, 0.2) is 0 Å². The van der Waals surface area contributed by atoms with E-state index in [0.29, 0.717) is 0 Å². The number of hydrogen-bond acceptors (Lipinski definition) is 1. The number of nitrogens with zero attached hydrogens (tertiary/aromatic N) is 1. The molecule has 0 bridgehead atoms. The van der Waals surface area contributed by atoms with Crippen LogP contribution in [0.5, 0.6) is 0 Å². The zero-order valence-electron chi connectivity index (χ0n) is 10.9. The lowest BCUT2D eigenvalue weighted by molar-refractivity contribution is 0.266. The standard InChI is InChI=1S/C15H12BBrClNO/c16-13-9-5-1-3-7-11(9)19(15(18)20)12-8-4-2-6-10(12)14(13)17/h1-8,13-14H,16H2. The van der Waals surface area contributed by atoms with Crippen molar-refractivity contribution in [2.45, 2.75) is 10.6 Å². The Kier molecular flexibility index (Phi) is 3.61. The summed E-state index contributed by atoms with van der Waals surface area (Å²) in [5.41, 5.74) is 3.88. The Hall–Kier alpha value is -1.26. The highest BCUT2D eigenvalue weighted by atomic mass is 79.9. The molecule has 0 saturated heterocycles. The molecule has 100 valence electrons. The quantitative estimate of drug-likeness (QED) is 0.301. The molecule has 2 aromatic rings. The number of para-hydroxylation sites is 2. The molecule has 0 spiro atoms. The lowest BCUT2D eigenvalue weighted by Crippen LogP contribution is -2.20. The van der Waals surface area contributed by atoms with Crippen LogP contribution >= 0.6 is 27.5 Å². The van der Waals surface area contributed by atoms with E-state index in [1.54, 1.807) is 4.90 Å². The van der Waals surface area contributed by atoms with Gasteiger partial charge in [0.2, 0.25) is 0 Å². The minimum atomic E-state index is -0.487. The molecule has 1 amide bonds. The Bertz CT molecular complexity index is 627. The molecule has 0 aromatic heterocycles. The molecule has 3 rings (SSSR count). The number of fused-ring (bicyclic) bond motifs is 2. The van der Waals surface area contributed by atoms with Crippen LogP contribution in [-0.4, -0.2) is 13.2 Å². The lowest BCUT2D eigenvalue weighted by Gasteiger charge is -2.22. The summed E-state index contributed by atoms with van der Waals surface area (Å²) < 4.78 is 0. The molecule has 1 aliphatic rings. The van der Waals surface area contributed by atoms with Crippen LogP contribution in [0.3, 0.4) is 0 Å². The fraction of sp³-hybridized carbons (Fsp3) is 0.133. The Morgan fingerprint density at radius 3 is 2.15 bits per heavy atom. The van der Waals surface area contributed by atoms with Gasteiger partial charge in [-0.15, -0.1) is 0 Å². The van der Waals surface area contributed by atoms with Crippen molar-refractivity contribution in [1.82, 2.24) is 0 Å². The van der Waals surface area contributed by atoms with Crippen molar-refractivity contribution in [3.05, 3.63) is 59.7 Å². The average molecular weight is 348 g/mol. The molecule has 0 fully saturated rings. The Morgan fingerprint density at radius 1 is 1.05 bits per heavy atom. The molecule has 20 heavy (non-hydrogen) atoms. The van der Waals surface area contributed by atoms with Gasteiger partial charge in [0.1, 0.15) is 7.85 Å². The van der Waals surface area contributed by atoms with Gasteiger partial charge in [0.25, 0.3) is 0 Å². The first-order valence-corrected chi connectivity index (χ1v) is 7.72. The third-order valence-corrected chi connectivity index (χ3v) is 5.21. The maximum atomic E-state index is 12.0. The Morgan fingerprint density at radius 2 is 1.55 bits per heavy atom. The summed E-state index contributed by atoms with van der Waals surface area (Å²) in [6.07, 6.45) is 0. The monoisotopic (exact) mass is 347 g/mol. The average Bonchev–Trinajstić information content (AvgIpc) is 2.55. The number of carbonyl (C=O) groups excluding carboxylic acids is 1. The summed E-state index contributed by atoms with van der Waals surface area (Å²) in [6.45, 7) is 0. The zero-order valence-corrected chi connectivity index (χ0v) is 13.2. The molecular formula is C15H12BBrClNO. The van der Waals surface area contributed by atoms with Crippen LogP contribution in [0, 0.1) is 0 Å². The van der Waals surface area contributed by atoms with Crippen LogP contribution < -0.4 is 4.90 Å². The smallest absolute Gasteiger partial charge is 0.267 e. The number of hydrogen-bond donors (Lipinski definition) is 0. The number of anilines is 2. The molecule has 2 unspecified atom stereocenters. The van der Waals surface area contributed by atoms with Gasteiger partial charge in [0, 0.05) is 4.83 Å². The molecule has 0 saturated carbocycles. The van der Waals surface area contributed by atoms with Crippen molar-refractivity contribution < 1.29 is 4.79 Å². The van der Waals surface area contributed by atoms with Gasteiger partial charge >= 0.3 is 5.37 Å². The van der Waals surface area contributed by atoms with Gasteiger partial charge in [0.05, 0.1) is 11.4 Å². The minimum Gasteiger partial charge on any atom is -0.267 e. The predicted molar refractivity (Wildman–Crippen MR) is 89.2 cm³/mol. The van der Waals surface area contributed by atoms with E-state index in [2.05, 4.69) is 23.8 Å². The summed E-state index contributed by atoms with van der Waals surface area (Å²) in [4.78, 5) is 13.7. The van der Waals surface area contributed by atoms with Crippen LogP contribution in [0.25, 0.3) is 0 Å². The molecule has 0 N–H and O–H groups in total. The topological polar surface area (TPSA) is 20.3 Å². The van der Waals surface area contributed by atoms with Gasteiger partial charge in [-0.2, -0.15) is 0 Å². The maximum absolute atomic E-state index is 12.0.